The van der Waals surface area contributed by atoms with E-state index in [1.165, 1.54) is 0 Å². The second-order valence-electron chi connectivity index (χ2n) is 8.78. The molecule has 2 N–H and O–H groups in total. The molecule has 35 heavy (non-hydrogen) atoms. The van der Waals surface area contributed by atoms with Crippen molar-refractivity contribution < 1.29 is 14.3 Å². The fraction of sp³-hybridized carbons (Fsp3) is 0.286. The number of benzene rings is 3. The lowest BCUT2D eigenvalue weighted by Crippen LogP contribution is -2.40. The molecule has 0 aromatic heterocycles. The Morgan fingerprint density at radius 3 is 2.26 bits per heavy atom. The van der Waals surface area contributed by atoms with Gasteiger partial charge in [0, 0.05) is 36.6 Å². The van der Waals surface area contributed by atoms with Crippen LogP contribution in [0.15, 0.2) is 72.8 Å². The van der Waals surface area contributed by atoms with Crippen molar-refractivity contribution in [3.63, 3.8) is 0 Å². The molecule has 7 heteroatoms. The van der Waals surface area contributed by atoms with E-state index < -0.39 is 0 Å². The molecule has 182 valence electrons. The number of rotatable bonds is 7. The van der Waals surface area contributed by atoms with Gasteiger partial charge in [0.25, 0.3) is 0 Å². The number of likely N-dealkylation sites (tertiary alicyclic amines) is 1. The largest absolute Gasteiger partial charge is 0.455 e. The van der Waals surface area contributed by atoms with Crippen LogP contribution in [0.3, 0.4) is 0 Å². The fourth-order valence-corrected chi connectivity index (χ4v) is 4.42. The third-order valence-electron chi connectivity index (χ3n) is 6.30. The van der Waals surface area contributed by atoms with Crippen LogP contribution >= 0.6 is 11.6 Å². The van der Waals surface area contributed by atoms with Crippen LogP contribution in [0.5, 0.6) is 11.5 Å². The van der Waals surface area contributed by atoms with Crippen LogP contribution < -0.4 is 15.4 Å². The number of hydrogen-bond acceptors (Lipinski definition) is 4. The van der Waals surface area contributed by atoms with Crippen molar-refractivity contribution in [3.8, 4) is 11.5 Å². The van der Waals surface area contributed by atoms with Crippen molar-refractivity contribution >= 4 is 34.8 Å². The van der Waals surface area contributed by atoms with Crippen molar-refractivity contribution in [2.45, 2.75) is 32.7 Å². The third kappa shape index (κ3) is 6.34. The number of nitrogens with zero attached hydrogens (tertiary/aromatic N) is 1. The van der Waals surface area contributed by atoms with Crippen LogP contribution in [0.25, 0.3) is 0 Å². The van der Waals surface area contributed by atoms with Gasteiger partial charge >= 0.3 is 0 Å². The molecule has 2 amide bonds. The summed E-state index contributed by atoms with van der Waals surface area (Å²) < 4.78 is 6.08. The van der Waals surface area contributed by atoms with Gasteiger partial charge in [0.2, 0.25) is 11.8 Å². The first-order valence-corrected chi connectivity index (χ1v) is 12.2. The summed E-state index contributed by atoms with van der Waals surface area (Å²) in [6, 6.07) is 22.7. The summed E-state index contributed by atoms with van der Waals surface area (Å²) in [6.45, 7) is 4.87. The van der Waals surface area contributed by atoms with Gasteiger partial charge in [-0.3, -0.25) is 9.59 Å². The summed E-state index contributed by atoms with van der Waals surface area (Å²) in [7, 11) is 0. The van der Waals surface area contributed by atoms with Crippen molar-refractivity contribution in [1.82, 2.24) is 4.90 Å². The normalized spacial score (nSPS) is 14.8. The number of ether oxygens (including phenoxy) is 1. The predicted molar refractivity (Wildman–Crippen MR) is 140 cm³/mol. The Bertz CT molecular complexity index is 1170. The number of carbonyl (C=O) groups excluding carboxylic acids is 2. The van der Waals surface area contributed by atoms with Crippen molar-refractivity contribution in [1.29, 1.82) is 0 Å². The standard InChI is InChI=1S/C28H30ClN3O3/c1-19(30-26-9-5-6-10-27(26)35-23-13-11-22(29)12-14-23)24-7-3-4-8-25(24)31-28(34)21-15-17-32(18-16-21)20(2)33/h3-14,19,21,30H,15-18H2,1-2H3,(H,31,34). The monoisotopic (exact) mass is 491 g/mol. The van der Waals surface area contributed by atoms with Gasteiger partial charge in [-0.2, -0.15) is 0 Å². The van der Waals surface area contributed by atoms with Crippen LogP contribution in [0.1, 0.15) is 38.3 Å². The van der Waals surface area contributed by atoms with Crippen LogP contribution in [0.2, 0.25) is 5.02 Å². The lowest BCUT2D eigenvalue weighted by Gasteiger charge is -2.30. The average molecular weight is 492 g/mol. The molecule has 0 saturated carbocycles. The van der Waals surface area contributed by atoms with Gasteiger partial charge in [-0.15, -0.1) is 0 Å². The van der Waals surface area contributed by atoms with Gasteiger partial charge < -0.3 is 20.3 Å². The van der Waals surface area contributed by atoms with Crippen molar-refractivity contribution in [2.75, 3.05) is 23.7 Å². The van der Waals surface area contributed by atoms with E-state index in [1.807, 2.05) is 60.7 Å². The summed E-state index contributed by atoms with van der Waals surface area (Å²) in [5.74, 6) is 1.35. The van der Waals surface area contributed by atoms with E-state index >= 15 is 0 Å². The highest BCUT2D eigenvalue weighted by atomic mass is 35.5. The molecular formula is C28H30ClN3O3. The molecule has 1 heterocycles. The van der Waals surface area contributed by atoms with E-state index in [0.29, 0.717) is 42.5 Å². The van der Waals surface area contributed by atoms with Crippen LogP contribution in [0, 0.1) is 5.92 Å². The SMILES string of the molecule is CC(=O)N1CCC(C(=O)Nc2ccccc2C(C)Nc2ccccc2Oc2ccc(Cl)cc2)CC1. The van der Waals surface area contributed by atoms with E-state index in [2.05, 4.69) is 17.6 Å². The Morgan fingerprint density at radius 1 is 0.943 bits per heavy atom. The fourth-order valence-electron chi connectivity index (χ4n) is 4.30. The van der Waals surface area contributed by atoms with Gasteiger partial charge in [-0.1, -0.05) is 41.9 Å². The molecule has 1 unspecified atom stereocenters. The Labute approximate surface area is 211 Å². The number of nitrogens with one attached hydrogen (secondary N) is 2. The van der Waals surface area contributed by atoms with E-state index in [0.717, 1.165) is 16.9 Å². The molecular weight excluding hydrogens is 462 g/mol. The Hall–Kier alpha value is -3.51. The minimum absolute atomic E-state index is 0.000626. The van der Waals surface area contributed by atoms with Gasteiger partial charge in [0.1, 0.15) is 5.75 Å². The highest BCUT2D eigenvalue weighted by molar-refractivity contribution is 6.30. The number of halogens is 1. The van der Waals surface area contributed by atoms with Crippen LogP contribution in [-0.4, -0.2) is 29.8 Å². The van der Waals surface area contributed by atoms with Gasteiger partial charge in [-0.25, -0.2) is 0 Å². The quantitative estimate of drug-likeness (QED) is 0.395. The average Bonchev–Trinajstić information content (AvgIpc) is 2.87. The summed E-state index contributed by atoms with van der Waals surface area (Å²) in [5.41, 5.74) is 2.60. The maximum Gasteiger partial charge on any atom is 0.227 e. The maximum absolute atomic E-state index is 13.0. The molecule has 0 aliphatic carbocycles. The number of hydrogen-bond donors (Lipinski definition) is 2. The lowest BCUT2D eigenvalue weighted by atomic mass is 9.95. The summed E-state index contributed by atoms with van der Waals surface area (Å²) in [5, 5.41) is 7.30. The Balaban J connectivity index is 1.45. The van der Waals surface area contributed by atoms with Crippen molar-refractivity contribution in [3.05, 3.63) is 83.4 Å². The maximum atomic E-state index is 13.0. The molecule has 1 atom stereocenters. The van der Waals surface area contributed by atoms with Crippen LogP contribution in [-0.2, 0) is 9.59 Å². The third-order valence-corrected chi connectivity index (χ3v) is 6.55. The molecule has 6 nitrogen and oxygen atoms in total. The molecule has 1 aliphatic heterocycles. The molecule has 0 spiro atoms. The summed E-state index contributed by atoms with van der Waals surface area (Å²) in [4.78, 5) is 26.4. The molecule has 0 radical (unpaired) electrons. The molecule has 1 saturated heterocycles. The van der Waals surface area contributed by atoms with Gasteiger partial charge in [-0.05, 0) is 67.8 Å². The number of piperidine rings is 1. The first kappa shape index (κ1) is 24.6. The van der Waals surface area contributed by atoms with Gasteiger partial charge in [0.05, 0.1) is 11.7 Å². The first-order valence-electron chi connectivity index (χ1n) is 11.8. The molecule has 3 aromatic carbocycles. The molecule has 4 rings (SSSR count). The zero-order valence-corrected chi connectivity index (χ0v) is 20.7. The Kier molecular flexibility index (Phi) is 7.93. The molecule has 1 fully saturated rings. The van der Waals surface area contributed by atoms with Crippen molar-refractivity contribution in [2.24, 2.45) is 5.92 Å². The number of anilines is 2. The molecule has 1 aliphatic rings. The number of carbonyl (C=O) groups is 2. The second-order valence-corrected chi connectivity index (χ2v) is 9.21. The minimum Gasteiger partial charge on any atom is -0.455 e. The number of amides is 2. The van der Waals surface area contributed by atoms with Gasteiger partial charge in [0.15, 0.2) is 5.75 Å². The second kappa shape index (κ2) is 11.3. The van der Waals surface area contributed by atoms with Crippen LogP contribution in [0.4, 0.5) is 11.4 Å². The molecule has 3 aromatic rings. The summed E-state index contributed by atoms with van der Waals surface area (Å²) >= 11 is 5.99. The van der Waals surface area contributed by atoms with E-state index in [4.69, 9.17) is 16.3 Å². The molecule has 0 bridgehead atoms. The zero-order valence-electron chi connectivity index (χ0n) is 20.0. The first-order chi connectivity index (χ1) is 16.9. The predicted octanol–water partition coefficient (Wildman–Crippen LogP) is 6.50. The Morgan fingerprint density at radius 2 is 1.57 bits per heavy atom. The van der Waals surface area contributed by atoms with E-state index in [9.17, 15) is 9.59 Å². The topological polar surface area (TPSA) is 70.7 Å². The zero-order chi connectivity index (χ0) is 24.8. The highest BCUT2D eigenvalue weighted by Gasteiger charge is 2.26. The summed E-state index contributed by atoms with van der Waals surface area (Å²) in [6.07, 6.45) is 1.35. The van der Waals surface area contributed by atoms with E-state index in [-0.39, 0.29) is 23.8 Å². The lowest BCUT2D eigenvalue weighted by molar-refractivity contribution is -0.132. The highest BCUT2D eigenvalue weighted by Crippen LogP contribution is 2.34. The number of para-hydroxylation sites is 3. The smallest absolute Gasteiger partial charge is 0.227 e. The minimum atomic E-state index is -0.101. The van der Waals surface area contributed by atoms with E-state index in [1.54, 1.807) is 24.0 Å².